The maximum Gasteiger partial charge on any atom is 0.339 e. The van der Waals surface area contributed by atoms with Crippen LogP contribution < -0.4 is 4.90 Å². The first-order valence-electron chi connectivity index (χ1n) is 9.77. The third kappa shape index (κ3) is 4.48. The molecule has 0 radical (unpaired) electrons. The minimum atomic E-state index is -0.981. The fraction of sp³-hybridized carbons (Fsp3) is 0.261. The predicted molar refractivity (Wildman–Crippen MR) is 116 cm³/mol. The summed E-state index contributed by atoms with van der Waals surface area (Å²) in [6, 6.07) is 18.6. The number of anilines is 1. The molecule has 1 aliphatic heterocycles. The Morgan fingerprint density at radius 2 is 1.86 bits per heavy atom. The number of hydrogen-bond acceptors (Lipinski definition) is 4. The summed E-state index contributed by atoms with van der Waals surface area (Å²) in [4.78, 5) is 23.0. The first-order chi connectivity index (χ1) is 14.1. The lowest BCUT2D eigenvalue weighted by Crippen LogP contribution is -2.25. The lowest BCUT2D eigenvalue weighted by molar-refractivity contribution is 0.0694. The molecule has 1 fully saturated rings. The standard InChI is InChI=1S/C23H22BrN3O2/c24-18-11-9-17(10-12-18)21-7-4-14-27(21)23-25-15-19(22(28)29)20(26-23)13-8-16-5-2-1-3-6-16/h1-3,5-6,9-12,15,21H,4,7-8,13-14H2,(H,28,29)/t21-/m0/s1. The predicted octanol–water partition coefficient (Wildman–Crippen LogP) is 5.06. The maximum atomic E-state index is 11.7. The summed E-state index contributed by atoms with van der Waals surface area (Å²) < 4.78 is 1.05. The second kappa shape index (κ2) is 8.74. The molecule has 1 saturated heterocycles. The molecule has 0 bridgehead atoms. The Morgan fingerprint density at radius 1 is 1.10 bits per heavy atom. The molecule has 0 aliphatic carbocycles. The van der Waals surface area contributed by atoms with Crippen molar-refractivity contribution in [3.05, 3.63) is 87.7 Å². The van der Waals surface area contributed by atoms with E-state index in [4.69, 9.17) is 4.98 Å². The molecule has 29 heavy (non-hydrogen) atoms. The van der Waals surface area contributed by atoms with E-state index in [1.54, 1.807) is 0 Å². The van der Waals surface area contributed by atoms with Crippen LogP contribution >= 0.6 is 15.9 Å². The quantitative estimate of drug-likeness (QED) is 0.566. The zero-order valence-corrected chi connectivity index (χ0v) is 17.5. The topological polar surface area (TPSA) is 66.3 Å². The number of benzene rings is 2. The highest BCUT2D eigenvalue weighted by molar-refractivity contribution is 9.10. The summed E-state index contributed by atoms with van der Waals surface area (Å²) in [5.74, 6) is -0.367. The van der Waals surface area contributed by atoms with E-state index < -0.39 is 5.97 Å². The van der Waals surface area contributed by atoms with E-state index in [0.717, 1.165) is 35.8 Å². The molecule has 148 valence electrons. The molecule has 4 rings (SSSR count). The van der Waals surface area contributed by atoms with Crippen molar-refractivity contribution in [2.24, 2.45) is 0 Å². The number of halogens is 1. The van der Waals surface area contributed by atoms with Gasteiger partial charge < -0.3 is 10.0 Å². The molecule has 1 aromatic heterocycles. The van der Waals surface area contributed by atoms with Gasteiger partial charge in [-0.15, -0.1) is 0 Å². The highest BCUT2D eigenvalue weighted by Crippen LogP contribution is 2.35. The Balaban J connectivity index is 1.61. The van der Waals surface area contributed by atoms with Crippen molar-refractivity contribution >= 4 is 27.8 Å². The molecule has 0 amide bonds. The largest absolute Gasteiger partial charge is 0.478 e. The second-order valence-electron chi connectivity index (χ2n) is 7.22. The van der Waals surface area contributed by atoms with Crippen LogP contribution in [0, 0.1) is 0 Å². The van der Waals surface area contributed by atoms with Gasteiger partial charge in [0.15, 0.2) is 0 Å². The van der Waals surface area contributed by atoms with Crippen molar-refractivity contribution in [1.29, 1.82) is 0 Å². The fourth-order valence-electron chi connectivity index (χ4n) is 3.86. The first-order valence-corrected chi connectivity index (χ1v) is 10.6. The van der Waals surface area contributed by atoms with Gasteiger partial charge in [-0.3, -0.25) is 0 Å². The van der Waals surface area contributed by atoms with Gasteiger partial charge in [0.1, 0.15) is 0 Å². The highest BCUT2D eigenvalue weighted by atomic mass is 79.9. The van der Waals surface area contributed by atoms with Crippen LogP contribution in [-0.2, 0) is 12.8 Å². The van der Waals surface area contributed by atoms with E-state index in [9.17, 15) is 9.90 Å². The van der Waals surface area contributed by atoms with Gasteiger partial charge in [0, 0.05) is 17.2 Å². The zero-order valence-electron chi connectivity index (χ0n) is 16.0. The monoisotopic (exact) mass is 451 g/mol. The van der Waals surface area contributed by atoms with Crippen LogP contribution in [0.25, 0.3) is 0 Å². The lowest BCUT2D eigenvalue weighted by Gasteiger charge is -2.25. The van der Waals surface area contributed by atoms with E-state index >= 15 is 0 Å². The Hall–Kier alpha value is -2.73. The number of carboxylic acids is 1. The molecular weight excluding hydrogens is 430 g/mol. The number of aryl methyl sites for hydroxylation is 2. The molecule has 0 spiro atoms. The minimum Gasteiger partial charge on any atom is -0.478 e. The summed E-state index contributed by atoms with van der Waals surface area (Å²) in [6.45, 7) is 0.866. The maximum absolute atomic E-state index is 11.7. The molecule has 6 heteroatoms. The van der Waals surface area contributed by atoms with E-state index in [2.05, 4.69) is 37.9 Å². The Kier molecular flexibility index (Phi) is 5.90. The highest BCUT2D eigenvalue weighted by Gasteiger charge is 2.29. The van der Waals surface area contributed by atoms with Crippen LogP contribution in [0.5, 0.6) is 0 Å². The van der Waals surface area contributed by atoms with Gasteiger partial charge in [-0.1, -0.05) is 58.4 Å². The van der Waals surface area contributed by atoms with Gasteiger partial charge in [-0.25, -0.2) is 14.8 Å². The summed E-state index contributed by atoms with van der Waals surface area (Å²) in [5.41, 5.74) is 3.16. The van der Waals surface area contributed by atoms with Gasteiger partial charge in [0.05, 0.1) is 17.3 Å². The van der Waals surface area contributed by atoms with Crippen molar-refractivity contribution in [1.82, 2.24) is 9.97 Å². The smallest absolute Gasteiger partial charge is 0.339 e. The van der Waals surface area contributed by atoms with Crippen LogP contribution in [0.2, 0.25) is 0 Å². The number of carbonyl (C=O) groups is 1. The number of hydrogen-bond donors (Lipinski definition) is 1. The molecule has 3 aromatic rings. The third-order valence-electron chi connectivity index (χ3n) is 5.34. The summed E-state index contributed by atoms with van der Waals surface area (Å²) in [7, 11) is 0. The average molecular weight is 452 g/mol. The van der Waals surface area contributed by atoms with Crippen molar-refractivity contribution in [2.45, 2.75) is 31.7 Å². The molecule has 1 aliphatic rings. The molecule has 0 saturated carbocycles. The number of aromatic carboxylic acids is 1. The van der Waals surface area contributed by atoms with Crippen LogP contribution in [0.3, 0.4) is 0 Å². The Bertz CT molecular complexity index is 993. The number of nitrogens with zero attached hydrogens (tertiary/aromatic N) is 3. The van der Waals surface area contributed by atoms with Gasteiger partial charge in [-0.2, -0.15) is 0 Å². The second-order valence-corrected chi connectivity index (χ2v) is 8.14. The molecule has 1 atom stereocenters. The van der Waals surface area contributed by atoms with Crippen LogP contribution in [-0.4, -0.2) is 27.6 Å². The normalized spacial score (nSPS) is 16.2. The van der Waals surface area contributed by atoms with Gasteiger partial charge >= 0.3 is 5.97 Å². The van der Waals surface area contributed by atoms with Gasteiger partial charge in [-0.05, 0) is 48.9 Å². The van der Waals surface area contributed by atoms with Crippen LogP contribution in [0.1, 0.15) is 46.1 Å². The molecule has 1 N–H and O–H groups in total. The number of rotatable bonds is 6. The number of carboxylic acid groups (broad SMARTS) is 1. The summed E-state index contributed by atoms with van der Waals surface area (Å²) in [5, 5.41) is 9.58. The average Bonchev–Trinajstić information content (AvgIpc) is 3.23. The Labute approximate surface area is 178 Å². The van der Waals surface area contributed by atoms with Crippen molar-refractivity contribution in [3.8, 4) is 0 Å². The molecule has 5 nitrogen and oxygen atoms in total. The zero-order chi connectivity index (χ0) is 20.2. The lowest BCUT2D eigenvalue weighted by atomic mass is 10.0. The van der Waals surface area contributed by atoms with E-state index in [0.29, 0.717) is 18.1 Å². The SMILES string of the molecule is O=C(O)c1cnc(N2CCC[C@H]2c2ccc(Br)cc2)nc1CCc1ccccc1. The van der Waals surface area contributed by atoms with Crippen molar-refractivity contribution in [2.75, 3.05) is 11.4 Å². The van der Waals surface area contributed by atoms with Crippen LogP contribution in [0.4, 0.5) is 5.95 Å². The molecule has 0 unspecified atom stereocenters. The first kappa shape index (κ1) is 19.6. The van der Waals surface area contributed by atoms with Gasteiger partial charge in [0.25, 0.3) is 0 Å². The summed E-state index contributed by atoms with van der Waals surface area (Å²) in [6.07, 6.45) is 4.86. The fourth-order valence-corrected chi connectivity index (χ4v) is 4.12. The molecular formula is C23H22BrN3O2. The van der Waals surface area contributed by atoms with Crippen LogP contribution in [0.15, 0.2) is 65.3 Å². The Morgan fingerprint density at radius 3 is 2.59 bits per heavy atom. The van der Waals surface area contributed by atoms with Crippen molar-refractivity contribution < 1.29 is 9.90 Å². The number of aromatic nitrogens is 2. The third-order valence-corrected chi connectivity index (χ3v) is 5.87. The molecule has 2 heterocycles. The van der Waals surface area contributed by atoms with Gasteiger partial charge in [0.2, 0.25) is 5.95 Å². The van der Waals surface area contributed by atoms with E-state index in [1.807, 2.05) is 42.5 Å². The van der Waals surface area contributed by atoms with E-state index in [-0.39, 0.29) is 11.6 Å². The minimum absolute atomic E-state index is 0.184. The van der Waals surface area contributed by atoms with Crippen molar-refractivity contribution in [3.63, 3.8) is 0 Å². The molecule has 2 aromatic carbocycles. The summed E-state index contributed by atoms with van der Waals surface area (Å²) >= 11 is 3.49. The van der Waals surface area contributed by atoms with E-state index in [1.165, 1.54) is 11.8 Å².